The number of hydrogen-bond donors (Lipinski definition) is 2. The Balaban J connectivity index is 1.25. The second-order valence-corrected chi connectivity index (χ2v) is 8.84. The van der Waals surface area contributed by atoms with Crippen LogP contribution in [0.4, 0.5) is 13.2 Å². The van der Waals surface area contributed by atoms with E-state index in [1.54, 1.807) is 0 Å². The fourth-order valence-electron chi connectivity index (χ4n) is 5.03. The van der Waals surface area contributed by atoms with Crippen LogP contribution in [-0.2, 0) is 6.18 Å². The van der Waals surface area contributed by atoms with Gasteiger partial charge in [-0.1, -0.05) is 6.08 Å². The van der Waals surface area contributed by atoms with Crippen molar-refractivity contribution in [3.8, 4) is 0 Å². The smallest absolute Gasteiger partial charge is 0.375 e. The molecule has 5 heterocycles. The van der Waals surface area contributed by atoms with Gasteiger partial charge in [0.1, 0.15) is 11.2 Å². The van der Waals surface area contributed by atoms with Crippen LogP contribution in [0, 0.1) is 0 Å². The molecule has 32 heavy (non-hydrogen) atoms. The topological polar surface area (TPSA) is 84.2 Å². The van der Waals surface area contributed by atoms with E-state index in [-0.39, 0.29) is 11.6 Å². The van der Waals surface area contributed by atoms with Gasteiger partial charge in [0.25, 0.3) is 5.56 Å². The number of alkyl halides is 3. The molecular formula is C21H26F3N7O. The number of fused-ring (bicyclic) bond motifs is 1. The Labute approximate surface area is 182 Å². The van der Waals surface area contributed by atoms with Crippen molar-refractivity contribution in [3.05, 3.63) is 45.9 Å². The number of aromatic nitrogens is 4. The average Bonchev–Trinajstić information content (AvgIpc) is 3.41. The molecule has 0 bridgehead atoms. The zero-order chi connectivity index (χ0) is 22.5. The summed E-state index contributed by atoms with van der Waals surface area (Å²) in [6.07, 6.45) is 4.78. The number of rotatable bonds is 3. The molecule has 172 valence electrons. The summed E-state index contributed by atoms with van der Waals surface area (Å²) in [5.41, 5.74) is -0.872. The van der Waals surface area contributed by atoms with Gasteiger partial charge in [0.05, 0.1) is 5.70 Å². The molecule has 5 rings (SSSR count). The number of aromatic amines is 2. The summed E-state index contributed by atoms with van der Waals surface area (Å²) >= 11 is 0. The quantitative estimate of drug-likeness (QED) is 0.748. The molecule has 11 heteroatoms. The first-order chi connectivity index (χ1) is 15.3. The molecule has 1 unspecified atom stereocenters. The van der Waals surface area contributed by atoms with Gasteiger partial charge in [-0.2, -0.15) is 18.3 Å². The van der Waals surface area contributed by atoms with Crippen molar-refractivity contribution in [2.24, 2.45) is 0 Å². The normalized spacial score (nSPS) is 23.4. The second kappa shape index (κ2) is 7.95. The molecule has 2 N–H and O–H groups in total. The van der Waals surface area contributed by atoms with E-state index in [0.29, 0.717) is 11.9 Å². The van der Waals surface area contributed by atoms with Gasteiger partial charge >= 0.3 is 6.18 Å². The summed E-state index contributed by atoms with van der Waals surface area (Å²) in [5.74, 6) is 0.400. The molecule has 0 aliphatic carbocycles. The zero-order valence-corrected chi connectivity index (χ0v) is 17.8. The Morgan fingerprint density at radius 3 is 2.66 bits per heavy atom. The highest BCUT2D eigenvalue weighted by Crippen LogP contribution is 2.33. The molecule has 3 aliphatic heterocycles. The lowest BCUT2D eigenvalue weighted by Crippen LogP contribution is -2.44. The van der Waals surface area contributed by atoms with Crippen molar-refractivity contribution in [1.82, 2.24) is 34.9 Å². The maximum Gasteiger partial charge on any atom is 0.433 e. The Morgan fingerprint density at radius 1 is 1.16 bits per heavy atom. The first kappa shape index (κ1) is 21.0. The van der Waals surface area contributed by atoms with Gasteiger partial charge in [0, 0.05) is 51.4 Å². The number of H-pyrrole nitrogens is 2. The second-order valence-electron chi connectivity index (χ2n) is 8.84. The lowest BCUT2D eigenvalue weighted by atomic mass is 10.0. The van der Waals surface area contributed by atoms with Gasteiger partial charge in [-0.05, 0) is 31.9 Å². The molecule has 8 nitrogen and oxygen atoms in total. The van der Waals surface area contributed by atoms with Gasteiger partial charge in [-0.3, -0.25) is 14.8 Å². The van der Waals surface area contributed by atoms with Crippen LogP contribution in [0.1, 0.15) is 36.7 Å². The fraction of sp³-hybridized carbons (Fsp3) is 0.571. The lowest BCUT2D eigenvalue weighted by molar-refractivity contribution is -0.140. The maximum atomic E-state index is 13.1. The predicted molar refractivity (Wildman–Crippen MR) is 113 cm³/mol. The molecule has 0 amide bonds. The van der Waals surface area contributed by atoms with Crippen LogP contribution in [0.25, 0.3) is 11.0 Å². The molecule has 2 aromatic heterocycles. The van der Waals surface area contributed by atoms with Crippen molar-refractivity contribution >= 4 is 11.0 Å². The Bertz CT molecular complexity index is 1110. The van der Waals surface area contributed by atoms with E-state index in [1.165, 1.54) is 5.70 Å². The summed E-state index contributed by atoms with van der Waals surface area (Å²) in [5, 5.41) is 5.03. The molecule has 0 saturated carbocycles. The lowest BCUT2D eigenvalue weighted by Gasteiger charge is -2.39. The third kappa shape index (κ3) is 3.89. The average molecular weight is 449 g/mol. The van der Waals surface area contributed by atoms with E-state index in [9.17, 15) is 18.0 Å². The van der Waals surface area contributed by atoms with Crippen molar-refractivity contribution in [2.45, 2.75) is 37.4 Å². The number of likely N-dealkylation sites (N-methyl/N-ethyl adjacent to an activating group) is 1. The summed E-state index contributed by atoms with van der Waals surface area (Å²) < 4.78 is 39.3. The summed E-state index contributed by atoms with van der Waals surface area (Å²) in [6.45, 7) is 4.54. The highest BCUT2D eigenvalue weighted by Gasteiger charge is 2.38. The molecule has 0 radical (unpaired) electrons. The van der Waals surface area contributed by atoms with Crippen LogP contribution in [0.5, 0.6) is 0 Å². The summed E-state index contributed by atoms with van der Waals surface area (Å²) in [4.78, 5) is 26.3. The molecule has 2 aromatic rings. The van der Waals surface area contributed by atoms with Crippen LogP contribution in [0.3, 0.4) is 0 Å². The third-order valence-electron chi connectivity index (χ3n) is 6.71. The van der Waals surface area contributed by atoms with Gasteiger partial charge in [0.2, 0.25) is 0 Å². The molecule has 1 atom stereocenters. The number of allylic oxidation sites excluding steroid dienone is 1. The highest BCUT2D eigenvalue weighted by atomic mass is 19.4. The molecule has 0 spiro atoms. The number of piperidine rings is 1. The number of nitrogens with zero attached hydrogens (tertiary/aromatic N) is 5. The molecule has 3 aliphatic rings. The van der Waals surface area contributed by atoms with Crippen molar-refractivity contribution in [1.29, 1.82) is 0 Å². The summed E-state index contributed by atoms with van der Waals surface area (Å²) in [7, 11) is 2.07. The Morgan fingerprint density at radius 2 is 1.94 bits per heavy atom. The van der Waals surface area contributed by atoms with E-state index in [2.05, 4.69) is 55.2 Å². The minimum atomic E-state index is -4.68. The first-order valence-corrected chi connectivity index (χ1v) is 10.9. The minimum absolute atomic E-state index is 0.0196. The standard InChI is InChI=1S/C21H26F3N7O/c1-29-7-2-3-15(12-29)30-9-5-14(6-10-30)31-8-4-13(11-31)18-25-19-16(20(32)26-18)17(27-28-19)21(22,23)24/h2-3,12-14H,4-11H2,1H3,(H2,25,26,27,28,32). The van der Waals surface area contributed by atoms with E-state index in [1.807, 2.05) is 5.10 Å². The minimum Gasteiger partial charge on any atom is -0.375 e. The molecular weight excluding hydrogens is 423 g/mol. The van der Waals surface area contributed by atoms with E-state index in [4.69, 9.17) is 0 Å². The molecule has 2 fully saturated rings. The SMILES string of the molecule is CN1C=C(N2CCC(N3CCC(c4nc5n[nH]c(C(F)(F)F)c5c(=O)[nH]4)C3)CC2)C=CC1. The zero-order valence-electron chi connectivity index (χ0n) is 17.8. The van der Waals surface area contributed by atoms with Crippen LogP contribution in [0.2, 0.25) is 0 Å². The summed E-state index contributed by atoms with van der Waals surface area (Å²) in [6, 6.07) is 0.458. The van der Waals surface area contributed by atoms with Gasteiger partial charge in [-0.25, -0.2) is 4.98 Å². The fourth-order valence-corrected chi connectivity index (χ4v) is 5.03. The predicted octanol–water partition coefficient (Wildman–Crippen LogP) is 2.26. The van der Waals surface area contributed by atoms with Crippen LogP contribution < -0.4 is 5.56 Å². The number of likely N-dealkylation sites (tertiary alicyclic amines) is 2. The third-order valence-corrected chi connectivity index (χ3v) is 6.71. The largest absolute Gasteiger partial charge is 0.433 e. The van der Waals surface area contributed by atoms with Crippen molar-refractivity contribution < 1.29 is 13.2 Å². The Kier molecular flexibility index (Phi) is 5.23. The number of nitrogens with one attached hydrogen (secondary N) is 2. The number of hydrogen-bond acceptors (Lipinski definition) is 6. The van der Waals surface area contributed by atoms with Crippen LogP contribution >= 0.6 is 0 Å². The molecule has 2 saturated heterocycles. The maximum absolute atomic E-state index is 13.1. The number of halogens is 3. The Hall–Kier alpha value is -2.82. The van der Waals surface area contributed by atoms with Crippen molar-refractivity contribution in [3.63, 3.8) is 0 Å². The van der Waals surface area contributed by atoms with E-state index >= 15 is 0 Å². The molecule has 0 aromatic carbocycles. The van der Waals surface area contributed by atoms with Crippen molar-refractivity contribution in [2.75, 3.05) is 39.8 Å². The van der Waals surface area contributed by atoms with Crippen LogP contribution in [-0.4, -0.2) is 80.7 Å². The highest BCUT2D eigenvalue weighted by molar-refractivity contribution is 5.77. The van der Waals surface area contributed by atoms with Gasteiger partial charge in [-0.15, -0.1) is 0 Å². The monoisotopic (exact) mass is 449 g/mol. The van der Waals surface area contributed by atoms with Gasteiger partial charge < -0.3 is 14.8 Å². The van der Waals surface area contributed by atoms with Crippen LogP contribution in [0.15, 0.2) is 28.8 Å². The first-order valence-electron chi connectivity index (χ1n) is 10.9. The van der Waals surface area contributed by atoms with E-state index < -0.39 is 22.8 Å². The van der Waals surface area contributed by atoms with E-state index in [0.717, 1.165) is 52.0 Å². The van der Waals surface area contributed by atoms with Gasteiger partial charge in [0.15, 0.2) is 11.3 Å².